The predicted octanol–water partition coefficient (Wildman–Crippen LogP) is 1.54. The second-order valence-corrected chi connectivity index (χ2v) is 5.56. The van der Waals surface area contributed by atoms with E-state index in [9.17, 15) is 4.79 Å². The number of hydrogen-bond acceptors (Lipinski definition) is 6. The highest BCUT2D eigenvalue weighted by Crippen LogP contribution is 2.39. The van der Waals surface area contributed by atoms with Gasteiger partial charge in [-0.2, -0.15) is 0 Å². The Balaban J connectivity index is 2.14. The predicted molar refractivity (Wildman–Crippen MR) is 67.7 cm³/mol. The summed E-state index contributed by atoms with van der Waals surface area (Å²) in [5.41, 5.74) is 8.40. The minimum atomic E-state index is -0.858. The third-order valence-corrected chi connectivity index (χ3v) is 3.06. The van der Waals surface area contributed by atoms with Crippen LogP contribution in [-0.4, -0.2) is 48.8 Å². The molecule has 0 bridgehead atoms. The Kier molecular flexibility index (Phi) is 4.19. The van der Waals surface area contributed by atoms with Gasteiger partial charge in [-0.25, -0.2) is 4.79 Å². The van der Waals surface area contributed by atoms with Gasteiger partial charge in [0.2, 0.25) is 0 Å². The van der Waals surface area contributed by atoms with Gasteiger partial charge in [0.1, 0.15) is 12.2 Å². The molecule has 0 saturated carbocycles. The first-order chi connectivity index (χ1) is 9.34. The number of azide groups is 1. The number of fused-ring (bicyclic) bond motifs is 1. The molecule has 0 spiro atoms. The van der Waals surface area contributed by atoms with Crippen LogP contribution < -0.4 is 0 Å². The second-order valence-electron chi connectivity index (χ2n) is 5.56. The van der Waals surface area contributed by atoms with E-state index in [1.807, 2.05) is 0 Å². The minimum Gasteiger partial charge on any atom is -0.461 e. The summed E-state index contributed by atoms with van der Waals surface area (Å²) >= 11 is 0. The molecule has 2 heterocycles. The topological polar surface area (TPSA) is 103 Å². The lowest BCUT2D eigenvalue weighted by atomic mass is 10.1. The lowest BCUT2D eigenvalue weighted by Gasteiger charge is -2.23. The normalized spacial score (nSPS) is 34.6. The van der Waals surface area contributed by atoms with Gasteiger partial charge in [0.05, 0.1) is 18.8 Å². The molecule has 0 radical (unpaired) electrons. The Hall–Kier alpha value is -1.34. The molecule has 0 N–H and O–H groups in total. The molecule has 0 aromatic heterocycles. The summed E-state index contributed by atoms with van der Waals surface area (Å²) in [6.45, 7) is 7.14. The zero-order valence-electron chi connectivity index (χ0n) is 12.0. The van der Waals surface area contributed by atoms with E-state index in [1.165, 1.54) is 0 Å². The van der Waals surface area contributed by atoms with Crippen molar-refractivity contribution in [1.29, 1.82) is 0 Å². The fourth-order valence-electron chi connectivity index (χ4n) is 2.44. The van der Waals surface area contributed by atoms with E-state index in [0.29, 0.717) is 0 Å². The van der Waals surface area contributed by atoms with Crippen molar-refractivity contribution < 1.29 is 23.7 Å². The summed E-state index contributed by atoms with van der Waals surface area (Å²) in [4.78, 5) is 14.7. The van der Waals surface area contributed by atoms with Crippen molar-refractivity contribution in [2.24, 2.45) is 5.11 Å². The Morgan fingerprint density at radius 2 is 2.05 bits per heavy atom. The first-order valence-electron chi connectivity index (χ1n) is 6.56. The molecule has 2 fully saturated rings. The zero-order chi connectivity index (χ0) is 14.9. The van der Waals surface area contributed by atoms with E-state index in [2.05, 4.69) is 10.0 Å². The first-order valence-corrected chi connectivity index (χ1v) is 6.56. The van der Waals surface area contributed by atoms with Gasteiger partial charge in [0, 0.05) is 4.91 Å². The van der Waals surface area contributed by atoms with Crippen LogP contribution in [0, 0.1) is 0 Å². The van der Waals surface area contributed by atoms with Crippen molar-refractivity contribution in [3.8, 4) is 0 Å². The standard InChI is InChI=1S/C12H19N3O5/c1-6(2)17-11(16)10-9-8(19-12(3,4)20-9)7(18-10)5-14-15-13/h6-10H,5H2,1-4H3/t7-,8-,9-,10-/m0/s1. The van der Waals surface area contributed by atoms with Gasteiger partial charge < -0.3 is 18.9 Å². The molecule has 2 saturated heterocycles. The monoisotopic (exact) mass is 285 g/mol. The second kappa shape index (κ2) is 5.57. The van der Waals surface area contributed by atoms with Crippen LogP contribution in [-0.2, 0) is 23.7 Å². The Morgan fingerprint density at radius 1 is 1.40 bits per heavy atom. The first kappa shape index (κ1) is 15.1. The molecule has 112 valence electrons. The summed E-state index contributed by atoms with van der Waals surface area (Å²) in [6.07, 6.45) is -2.60. The van der Waals surface area contributed by atoms with Gasteiger partial charge in [-0.15, -0.1) is 0 Å². The molecule has 2 aliphatic rings. The number of nitrogens with zero attached hydrogens (tertiary/aromatic N) is 3. The highest BCUT2D eigenvalue weighted by molar-refractivity contribution is 5.76. The molecule has 20 heavy (non-hydrogen) atoms. The SMILES string of the molecule is CC(C)OC(=O)[C@H]1O[C@@H](CN=[N+]=[N-])[C@@H]2OC(C)(C)O[C@@H]21. The molecule has 8 heteroatoms. The fourth-order valence-corrected chi connectivity index (χ4v) is 2.44. The quantitative estimate of drug-likeness (QED) is 0.337. The third kappa shape index (κ3) is 3.04. The number of carbonyl (C=O) groups excluding carboxylic acids is 1. The van der Waals surface area contributed by atoms with E-state index in [1.54, 1.807) is 27.7 Å². The molecular weight excluding hydrogens is 266 g/mol. The molecule has 0 aromatic carbocycles. The number of ether oxygens (including phenoxy) is 4. The summed E-state index contributed by atoms with van der Waals surface area (Å²) < 4.78 is 22.2. The Labute approximate surface area is 116 Å². The maximum atomic E-state index is 12.0. The van der Waals surface area contributed by atoms with Crippen molar-refractivity contribution in [1.82, 2.24) is 0 Å². The van der Waals surface area contributed by atoms with Crippen molar-refractivity contribution in [2.75, 3.05) is 6.54 Å². The van der Waals surface area contributed by atoms with Gasteiger partial charge in [-0.05, 0) is 33.2 Å². The van der Waals surface area contributed by atoms with E-state index in [4.69, 9.17) is 24.5 Å². The number of esters is 1. The number of carbonyl (C=O) groups is 1. The summed E-state index contributed by atoms with van der Waals surface area (Å²) in [7, 11) is 0. The average molecular weight is 285 g/mol. The van der Waals surface area contributed by atoms with E-state index < -0.39 is 36.2 Å². The lowest BCUT2D eigenvalue weighted by Crippen LogP contribution is -2.37. The smallest absolute Gasteiger partial charge is 0.338 e. The third-order valence-electron chi connectivity index (χ3n) is 3.06. The molecule has 2 rings (SSSR count). The molecule has 4 atom stereocenters. The van der Waals surface area contributed by atoms with Crippen LogP contribution in [0.4, 0.5) is 0 Å². The van der Waals surface area contributed by atoms with Crippen molar-refractivity contribution in [2.45, 2.75) is 64.0 Å². The molecule has 0 amide bonds. The van der Waals surface area contributed by atoms with Gasteiger partial charge in [-0.3, -0.25) is 0 Å². The van der Waals surface area contributed by atoms with Crippen LogP contribution >= 0.6 is 0 Å². The zero-order valence-corrected chi connectivity index (χ0v) is 12.0. The van der Waals surface area contributed by atoms with Crippen LogP contribution in [0.25, 0.3) is 10.4 Å². The van der Waals surface area contributed by atoms with Crippen LogP contribution in [0.15, 0.2) is 5.11 Å². The average Bonchev–Trinajstić information content (AvgIpc) is 2.79. The molecule has 8 nitrogen and oxygen atoms in total. The van der Waals surface area contributed by atoms with Gasteiger partial charge in [0.25, 0.3) is 0 Å². The highest BCUT2D eigenvalue weighted by Gasteiger charge is 2.57. The fraction of sp³-hybridized carbons (Fsp3) is 0.917. The van der Waals surface area contributed by atoms with Crippen molar-refractivity contribution in [3.63, 3.8) is 0 Å². The van der Waals surface area contributed by atoms with Crippen molar-refractivity contribution >= 4 is 5.97 Å². The largest absolute Gasteiger partial charge is 0.461 e. The minimum absolute atomic E-state index is 0.0859. The van der Waals surface area contributed by atoms with Crippen LogP contribution in [0.5, 0.6) is 0 Å². The van der Waals surface area contributed by atoms with Gasteiger partial charge in [0.15, 0.2) is 11.9 Å². The van der Waals surface area contributed by atoms with E-state index >= 15 is 0 Å². The van der Waals surface area contributed by atoms with Crippen LogP contribution in [0.2, 0.25) is 0 Å². The van der Waals surface area contributed by atoms with Gasteiger partial charge >= 0.3 is 5.97 Å². The molecule has 0 aromatic rings. The highest BCUT2D eigenvalue weighted by atomic mass is 16.8. The van der Waals surface area contributed by atoms with Crippen LogP contribution in [0.1, 0.15) is 27.7 Å². The van der Waals surface area contributed by atoms with Crippen molar-refractivity contribution in [3.05, 3.63) is 10.4 Å². The van der Waals surface area contributed by atoms with Gasteiger partial charge in [-0.1, -0.05) is 5.11 Å². The Morgan fingerprint density at radius 3 is 2.65 bits per heavy atom. The lowest BCUT2D eigenvalue weighted by molar-refractivity contribution is -0.196. The maximum absolute atomic E-state index is 12.0. The number of hydrogen-bond donors (Lipinski definition) is 0. The molecule has 0 aliphatic carbocycles. The number of rotatable bonds is 4. The molecule has 2 aliphatic heterocycles. The summed E-state index contributed by atoms with van der Waals surface area (Å²) in [5.74, 6) is -1.29. The van der Waals surface area contributed by atoms with E-state index in [-0.39, 0.29) is 12.6 Å². The molecular formula is C12H19N3O5. The summed E-state index contributed by atoms with van der Waals surface area (Å²) in [6, 6.07) is 0. The molecule has 0 unspecified atom stereocenters. The maximum Gasteiger partial charge on any atom is 0.338 e. The van der Waals surface area contributed by atoms with Crippen LogP contribution in [0.3, 0.4) is 0 Å². The Bertz CT molecular complexity index is 433. The summed E-state index contributed by atoms with van der Waals surface area (Å²) in [5, 5.41) is 3.48. The van der Waals surface area contributed by atoms with E-state index in [0.717, 1.165) is 0 Å².